The van der Waals surface area contributed by atoms with Gasteiger partial charge in [0.05, 0.1) is 29.5 Å². The maximum absolute atomic E-state index is 13.3. The minimum absolute atomic E-state index is 0.238. The Morgan fingerprint density at radius 2 is 2.15 bits per heavy atom. The number of nitrogens with two attached hydrogens (primary N) is 1. The molecule has 0 saturated heterocycles. The molecule has 0 bridgehead atoms. The van der Waals surface area contributed by atoms with E-state index >= 15 is 0 Å². The average Bonchev–Trinajstić information content (AvgIpc) is 2.66. The summed E-state index contributed by atoms with van der Waals surface area (Å²) >= 11 is 6.13. The van der Waals surface area contributed by atoms with Crippen LogP contribution in [0.4, 0.5) is 4.39 Å². The highest BCUT2D eigenvalue weighted by Crippen LogP contribution is 2.21. The minimum Gasteiger partial charge on any atom is -0.320 e. The number of aryl methyl sites for hydroxylation is 1. The van der Waals surface area contributed by atoms with Gasteiger partial charge in [0, 0.05) is 5.56 Å². The molecule has 0 aliphatic heterocycles. The summed E-state index contributed by atoms with van der Waals surface area (Å²) in [6, 6.07) is 4.53. The van der Waals surface area contributed by atoms with Crippen LogP contribution in [-0.2, 0) is 6.54 Å². The van der Waals surface area contributed by atoms with Crippen molar-refractivity contribution in [2.24, 2.45) is 5.73 Å². The molecule has 2 aromatic rings. The maximum atomic E-state index is 13.3. The Morgan fingerprint density at radius 1 is 1.40 bits per heavy atom. The first kappa shape index (κ1) is 14.6. The fourth-order valence-electron chi connectivity index (χ4n) is 1.94. The third-order valence-electron chi connectivity index (χ3n) is 3.01. The van der Waals surface area contributed by atoms with Crippen molar-refractivity contribution in [2.45, 2.75) is 20.4 Å². The van der Waals surface area contributed by atoms with Crippen LogP contribution in [-0.4, -0.2) is 16.3 Å². The van der Waals surface area contributed by atoms with Gasteiger partial charge in [-0.1, -0.05) is 29.5 Å². The Kier molecular flexibility index (Phi) is 4.43. The van der Waals surface area contributed by atoms with Gasteiger partial charge in [0.2, 0.25) is 0 Å². The van der Waals surface area contributed by atoms with E-state index in [1.165, 1.54) is 12.1 Å². The van der Waals surface area contributed by atoms with Gasteiger partial charge >= 0.3 is 0 Å². The van der Waals surface area contributed by atoms with Crippen LogP contribution in [0.2, 0.25) is 5.02 Å². The first-order chi connectivity index (χ1) is 9.52. The number of benzene rings is 1. The summed E-state index contributed by atoms with van der Waals surface area (Å²) in [6.07, 6.45) is 0. The largest absolute Gasteiger partial charge is 0.320 e. The highest BCUT2D eigenvalue weighted by Gasteiger charge is 2.11. The Balaban J connectivity index is 2.40. The van der Waals surface area contributed by atoms with E-state index in [-0.39, 0.29) is 12.4 Å². The smallest absolute Gasteiger partial charge is 0.124 e. The molecule has 0 amide bonds. The van der Waals surface area contributed by atoms with Gasteiger partial charge in [0.25, 0.3) is 0 Å². The maximum Gasteiger partial charge on any atom is 0.124 e. The number of rotatable bonds is 2. The van der Waals surface area contributed by atoms with Crippen molar-refractivity contribution in [1.29, 1.82) is 0 Å². The van der Waals surface area contributed by atoms with Crippen LogP contribution in [0.1, 0.15) is 22.5 Å². The van der Waals surface area contributed by atoms with Crippen molar-refractivity contribution in [3.05, 3.63) is 51.6 Å². The summed E-state index contributed by atoms with van der Waals surface area (Å²) < 4.78 is 15.1. The fraction of sp³-hybridized carbons (Fsp3) is 0.267. The molecule has 2 rings (SSSR count). The molecule has 0 saturated carbocycles. The van der Waals surface area contributed by atoms with E-state index in [1.807, 2.05) is 13.8 Å². The highest BCUT2D eigenvalue weighted by molar-refractivity contribution is 6.31. The van der Waals surface area contributed by atoms with Gasteiger partial charge in [0.1, 0.15) is 5.82 Å². The summed E-state index contributed by atoms with van der Waals surface area (Å²) in [7, 11) is 0. The molecule has 0 radical (unpaired) electrons. The van der Waals surface area contributed by atoms with Crippen molar-refractivity contribution in [3.8, 4) is 11.8 Å². The lowest BCUT2D eigenvalue weighted by atomic mass is 10.1. The van der Waals surface area contributed by atoms with Crippen LogP contribution in [0.25, 0.3) is 0 Å². The van der Waals surface area contributed by atoms with Crippen molar-refractivity contribution < 1.29 is 4.39 Å². The molecule has 1 aromatic carbocycles. The number of hydrogen-bond donors (Lipinski definition) is 1. The second-order valence-corrected chi connectivity index (χ2v) is 4.83. The van der Waals surface area contributed by atoms with E-state index in [0.717, 1.165) is 17.0 Å². The Hall–Kier alpha value is -1.83. The van der Waals surface area contributed by atoms with E-state index in [1.54, 1.807) is 10.7 Å². The Bertz CT molecular complexity index is 695. The number of aromatic nitrogens is 2. The lowest BCUT2D eigenvalue weighted by Gasteiger charge is -2.07. The van der Waals surface area contributed by atoms with Crippen LogP contribution >= 0.6 is 11.6 Å². The van der Waals surface area contributed by atoms with Crippen molar-refractivity contribution >= 4 is 11.6 Å². The number of halogens is 2. The number of nitrogens with zero attached hydrogens (tertiary/aromatic N) is 2. The van der Waals surface area contributed by atoms with Crippen molar-refractivity contribution in [3.63, 3.8) is 0 Å². The molecule has 1 aromatic heterocycles. The van der Waals surface area contributed by atoms with Gasteiger partial charge in [-0.05, 0) is 31.5 Å². The predicted molar refractivity (Wildman–Crippen MR) is 78.1 cm³/mol. The van der Waals surface area contributed by atoms with Gasteiger partial charge in [-0.2, -0.15) is 5.10 Å². The van der Waals surface area contributed by atoms with Crippen molar-refractivity contribution in [1.82, 2.24) is 9.78 Å². The summed E-state index contributed by atoms with van der Waals surface area (Å²) in [6.45, 7) is 4.48. The van der Waals surface area contributed by atoms with E-state index in [4.69, 9.17) is 17.3 Å². The lowest BCUT2D eigenvalue weighted by molar-refractivity contribution is 0.621. The van der Waals surface area contributed by atoms with Crippen LogP contribution in [0.5, 0.6) is 0 Å². The molecule has 1 heterocycles. The highest BCUT2D eigenvalue weighted by atomic mass is 35.5. The van der Waals surface area contributed by atoms with Gasteiger partial charge < -0.3 is 5.73 Å². The van der Waals surface area contributed by atoms with E-state index in [0.29, 0.717) is 17.1 Å². The van der Waals surface area contributed by atoms with Gasteiger partial charge in [0.15, 0.2) is 0 Å². The molecule has 2 N–H and O–H groups in total. The summed E-state index contributed by atoms with van der Waals surface area (Å²) in [5.41, 5.74) is 8.53. The first-order valence-electron chi connectivity index (χ1n) is 6.19. The molecule has 0 aliphatic rings. The third-order valence-corrected chi connectivity index (χ3v) is 3.56. The predicted octanol–water partition coefficient (Wildman–Crippen LogP) is 2.65. The zero-order chi connectivity index (χ0) is 14.7. The minimum atomic E-state index is -0.318. The van der Waals surface area contributed by atoms with Crippen LogP contribution in [0, 0.1) is 31.5 Å². The molecule has 0 spiro atoms. The zero-order valence-corrected chi connectivity index (χ0v) is 12.1. The molecule has 20 heavy (non-hydrogen) atoms. The normalized spacial score (nSPS) is 10.2. The number of hydrogen-bond acceptors (Lipinski definition) is 2. The van der Waals surface area contributed by atoms with Crippen LogP contribution in [0.15, 0.2) is 18.2 Å². The average molecular weight is 292 g/mol. The van der Waals surface area contributed by atoms with Crippen LogP contribution in [0.3, 0.4) is 0 Å². The molecular weight excluding hydrogens is 277 g/mol. The standard InChI is InChI=1S/C15H15ClFN3/c1-10-15(16)11(2)20(19-10)9-13-5-6-14(17)8-12(13)4-3-7-18/h5-6,8H,7,9,18H2,1-2H3. The molecule has 0 unspecified atom stereocenters. The molecular formula is C15H15ClFN3. The molecule has 0 atom stereocenters. The molecule has 0 aliphatic carbocycles. The monoisotopic (exact) mass is 291 g/mol. The second kappa shape index (κ2) is 6.08. The van der Waals surface area contributed by atoms with Crippen molar-refractivity contribution in [2.75, 3.05) is 6.54 Å². The second-order valence-electron chi connectivity index (χ2n) is 4.45. The van der Waals surface area contributed by atoms with Crippen LogP contribution < -0.4 is 5.73 Å². The topological polar surface area (TPSA) is 43.8 Å². The quantitative estimate of drug-likeness (QED) is 0.865. The van der Waals surface area contributed by atoms with E-state index < -0.39 is 0 Å². The summed E-state index contributed by atoms with van der Waals surface area (Å²) in [4.78, 5) is 0. The third kappa shape index (κ3) is 3.01. The fourth-order valence-corrected chi connectivity index (χ4v) is 2.07. The SMILES string of the molecule is Cc1nn(Cc2ccc(F)cc2C#CCN)c(C)c1Cl. The summed E-state index contributed by atoms with van der Waals surface area (Å²) in [5, 5.41) is 5.02. The van der Waals surface area contributed by atoms with E-state index in [2.05, 4.69) is 16.9 Å². The molecule has 5 heteroatoms. The molecule has 0 fully saturated rings. The first-order valence-corrected chi connectivity index (χ1v) is 6.57. The Morgan fingerprint density at radius 3 is 2.75 bits per heavy atom. The Labute approximate surface area is 122 Å². The van der Waals surface area contributed by atoms with Gasteiger partial charge in [-0.3, -0.25) is 4.68 Å². The molecule has 3 nitrogen and oxygen atoms in total. The van der Waals surface area contributed by atoms with Gasteiger partial charge in [-0.25, -0.2) is 4.39 Å². The zero-order valence-electron chi connectivity index (χ0n) is 11.4. The van der Waals surface area contributed by atoms with Gasteiger partial charge in [-0.15, -0.1) is 0 Å². The summed E-state index contributed by atoms with van der Waals surface area (Å²) in [5.74, 6) is 5.31. The lowest BCUT2D eigenvalue weighted by Crippen LogP contribution is -2.06. The van der Waals surface area contributed by atoms with E-state index in [9.17, 15) is 4.39 Å². The molecule has 104 valence electrons.